The van der Waals surface area contributed by atoms with Crippen LogP contribution in [0.4, 0.5) is 10.1 Å². The second-order valence-corrected chi connectivity index (χ2v) is 5.23. The number of anilines is 1. The zero-order chi connectivity index (χ0) is 17.1. The maximum Gasteiger partial charge on any atom is 0.147 e. The Morgan fingerprint density at radius 3 is 2.48 bits per heavy atom. The van der Waals surface area contributed by atoms with Crippen LogP contribution in [0.5, 0.6) is 11.5 Å². The Morgan fingerprint density at radius 2 is 1.91 bits per heavy atom. The van der Waals surface area contributed by atoms with Gasteiger partial charge in [-0.25, -0.2) is 4.39 Å². The maximum atomic E-state index is 14.3. The minimum Gasteiger partial charge on any atom is -0.733 e. The standard InChI is InChI=1S/C16H19FNO5/c1-9-5-4-6-10(15(9)17)16(19)11-7-12(18(20)21)14(23-3)8-13(11)22-2/h6-8,16,19-20H,4-5H2,1-3H3/q-1. The summed E-state index contributed by atoms with van der Waals surface area (Å²) >= 11 is 0. The number of benzene rings is 1. The molecule has 6 nitrogen and oxygen atoms in total. The molecule has 0 saturated carbocycles. The van der Waals surface area contributed by atoms with Crippen molar-refractivity contribution in [3.05, 3.63) is 46.0 Å². The summed E-state index contributed by atoms with van der Waals surface area (Å²) in [4.78, 5) is 0. The fraction of sp³-hybridized carbons (Fsp3) is 0.375. The number of halogens is 1. The molecule has 7 heteroatoms. The Kier molecular flexibility index (Phi) is 5.25. The Hall–Kier alpha value is -2.09. The van der Waals surface area contributed by atoms with Gasteiger partial charge < -0.3 is 25.0 Å². The van der Waals surface area contributed by atoms with Gasteiger partial charge in [0.2, 0.25) is 0 Å². The molecular weight excluding hydrogens is 305 g/mol. The summed E-state index contributed by atoms with van der Waals surface area (Å²) in [7, 11) is 2.71. The molecule has 0 aromatic heterocycles. The van der Waals surface area contributed by atoms with E-state index in [2.05, 4.69) is 0 Å². The van der Waals surface area contributed by atoms with E-state index in [0.29, 0.717) is 18.4 Å². The lowest BCUT2D eigenvalue weighted by molar-refractivity contribution is 0.206. The maximum absolute atomic E-state index is 14.3. The van der Waals surface area contributed by atoms with E-state index in [1.165, 1.54) is 26.4 Å². The summed E-state index contributed by atoms with van der Waals surface area (Å²) < 4.78 is 24.5. The normalized spacial score (nSPS) is 16.0. The average molecular weight is 324 g/mol. The van der Waals surface area contributed by atoms with Crippen LogP contribution >= 0.6 is 0 Å². The van der Waals surface area contributed by atoms with Crippen molar-refractivity contribution in [3.8, 4) is 11.5 Å². The number of aliphatic hydroxyl groups is 1. The van der Waals surface area contributed by atoms with Gasteiger partial charge in [0.15, 0.2) is 0 Å². The molecule has 2 rings (SSSR count). The lowest BCUT2D eigenvalue weighted by Gasteiger charge is -2.27. The van der Waals surface area contributed by atoms with E-state index in [9.17, 15) is 19.9 Å². The molecule has 1 aliphatic carbocycles. The Labute approximate surface area is 133 Å². The monoisotopic (exact) mass is 324 g/mol. The molecule has 0 radical (unpaired) electrons. The van der Waals surface area contributed by atoms with Crippen LogP contribution in [0.2, 0.25) is 0 Å². The molecule has 0 aliphatic heterocycles. The van der Waals surface area contributed by atoms with E-state index in [1.807, 2.05) is 0 Å². The Balaban J connectivity index is 2.53. The first-order valence-electron chi connectivity index (χ1n) is 7.06. The first-order chi connectivity index (χ1) is 10.9. The van der Waals surface area contributed by atoms with E-state index in [4.69, 9.17) is 9.47 Å². The molecule has 126 valence electrons. The number of hydrogen-bond acceptors (Lipinski definition) is 6. The third-order valence-electron chi connectivity index (χ3n) is 3.84. The molecule has 1 unspecified atom stereocenters. The molecular formula is C16H19FNO5-. The van der Waals surface area contributed by atoms with Gasteiger partial charge in [-0.05, 0) is 31.4 Å². The van der Waals surface area contributed by atoms with Gasteiger partial charge in [-0.1, -0.05) is 6.08 Å². The molecule has 0 spiro atoms. The molecule has 0 saturated heterocycles. The number of methoxy groups -OCH3 is 2. The van der Waals surface area contributed by atoms with Crippen molar-refractivity contribution in [2.45, 2.75) is 25.9 Å². The highest BCUT2D eigenvalue weighted by Crippen LogP contribution is 2.42. The van der Waals surface area contributed by atoms with E-state index >= 15 is 0 Å². The number of ether oxygens (including phenoxy) is 2. The molecule has 1 atom stereocenters. The third-order valence-corrected chi connectivity index (χ3v) is 3.84. The quantitative estimate of drug-likeness (QED) is 0.808. The second-order valence-electron chi connectivity index (χ2n) is 5.23. The van der Waals surface area contributed by atoms with Crippen LogP contribution in [0.3, 0.4) is 0 Å². The second kappa shape index (κ2) is 6.99. The van der Waals surface area contributed by atoms with Crippen LogP contribution in [0.15, 0.2) is 35.2 Å². The number of aliphatic hydroxyl groups excluding tert-OH is 1. The van der Waals surface area contributed by atoms with Crippen molar-refractivity contribution in [1.82, 2.24) is 0 Å². The molecule has 0 fully saturated rings. The zero-order valence-electron chi connectivity index (χ0n) is 13.2. The van der Waals surface area contributed by atoms with Crippen molar-refractivity contribution >= 4 is 5.69 Å². The molecule has 0 heterocycles. The highest BCUT2D eigenvalue weighted by atomic mass is 19.1. The average Bonchev–Trinajstić information content (AvgIpc) is 2.55. The summed E-state index contributed by atoms with van der Waals surface area (Å²) in [6.07, 6.45) is 1.50. The van der Waals surface area contributed by atoms with Crippen LogP contribution < -0.4 is 14.7 Å². The van der Waals surface area contributed by atoms with Crippen LogP contribution in [-0.2, 0) is 0 Å². The first kappa shape index (κ1) is 17.3. The number of hydrogen-bond donors (Lipinski definition) is 2. The van der Waals surface area contributed by atoms with Crippen molar-refractivity contribution in [1.29, 1.82) is 0 Å². The van der Waals surface area contributed by atoms with Crippen molar-refractivity contribution < 1.29 is 24.2 Å². The summed E-state index contributed by atoms with van der Waals surface area (Å²) in [5, 5.41) is 30.6. The molecule has 2 N–H and O–H groups in total. The lowest BCUT2D eigenvalue weighted by atomic mass is 9.91. The fourth-order valence-corrected chi connectivity index (χ4v) is 2.56. The molecule has 0 bridgehead atoms. The van der Waals surface area contributed by atoms with E-state index < -0.39 is 11.9 Å². The number of nitrogens with zero attached hydrogens (tertiary/aromatic N) is 1. The van der Waals surface area contributed by atoms with Crippen LogP contribution in [-0.4, -0.2) is 24.5 Å². The first-order valence-corrected chi connectivity index (χ1v) is 7.06. The minimum atomic E-state index is -1.33. The number of allylic oxidation sites excluding steroid dienone is 2. The van der Waals surface area contributed by atoms with Gasteiger partial charge in [-0.2, -0.15) is 0 Å². The zero-order valence-corrected chi connectivity index (χ0v) is 13.2. The minimum absolute atomic E-state index is 0.0696. The molecule has 0 amide bonds. The fourth-order valence-electron chi connectivity index (χ4n) is 2.56. The predicted octanol–water partition coefficient (Wildman–Crippen LogP) is 3.39. The summed E-state index contributed by atoms with van der Waals surface area (Å²) in [5.41, 5.74) is 0.634. The summed E-state index contributed by atoms with van der Waals surface area (Å²) in [6, 6.07) is 2.57. The molecule has 1 aromatic rings. The van der Waals surface area contributed by atoms with Gasteiger partial charge >= 0.3 is 0 Å². The predicted molar refractivity (Wildman–Crippen MR) is 83.3 cm³/mol. The van der Waals surface area contributed by atoms with E-state index in [-0.39, 0.29) is 33.5 Å². The third kappa shape index (κ3) is 3.31. The van der Waals surface area contributed by atoms with Crippen molar-refractivity contribution in [3.63, 3.8) is 0 Å². The van der Waals surface area contributed by atoms with E-state index in [0.717, 1.165) is 0 Å². The lowest BCUT2D eigenvalue weighted by Crippen LogP contribution is -2.12. The van der Waals surface area contributed by atoms with Gasteiger partial charge in [-0.15, -0.1) is 0 Å². The Bertz CT molecular complexity index is 654. The van der Waals surface area contributed by atoms with Crippen LogP contribution in [0, 0.1) is 5.21 Å². The van der Waals surface area contributed by atoms with Crippen molar-refractivity contribution in [2.24, 2.45) is 0 Å². The van der Waals surface area contributed by atoms with Gasteiger partial charge in [0.1, 0.15) is 23.4 Å². The topological polar surface area (TPSA) is 85.2 Å². The molecule has 1 aromatic carbocycles. The van der Waals surface area contributed by atoms with Gasteiger partial charge in [-0.3, -0.25) is 5.21 Å². The van der Waals surface area contributed by atoms with Gasteiger partial charge in [0.05, 0.1) is 19.9 Å². The SMILES string of the molecule is COc1cc(OC)c(N([O-])O)cc1C(O)C1=CCCC(C)=C1F. The van der Waals surface area contributed by atoms with Crippen LogP contribution in [0.1, 0.15) is 31.4 Å². The molecule has 23 heavy (non-hydrogen) atoms. The summed E-state index contributed by atoms with van der Waals surface area (Å²) in [6.45, 7) is 1.67. The Morgan fingerprint density at radius 1 is 1.26 bits per heavy atom. The van der Waals surface area contributed by atoms with Crippen molar-refractivity contribution in [2.75, 3.05) is 19.4 Å². The van der Waals surface area contributed by atoms with Gasteiger partial charge in [0.25, 0.3) is 0 Å². The summed E-state index contributed by atoms with van der Waals surface area (Å²) in [5.74, 6) is -0.178. The highest BCUT2D eigenvalue weighted by Gasteiger charge is 2.26. The highest BCUT2D eigenvalue weighted by molar-refractivity contribution is 5.64. The largest absolute Gasteiger partial charge is 0.733 e. The van der Waals surface area contributed by atoms with E-state index in [1.54, 1.807) is 13.0 Å². The van der Waals surface area contributed by atoms with Crippen LogP contribution in [0.25, 0.3) is 0 Å². The smallest absolute Gasteiger partial charge is 0.147 e. The number of rotatable bonds is 5. The molecule has 1 aliphatic rings. The van der Waals surface area contributed by atoms with Gasteiger partial charge in [0, 0.05) is 17.2 Å².